The number of nitrogens with one attached hydrogen (secondary N) is 1. The van der Waals surface area contributed by atoms with Crippen LogP contribution >= 0.6 is 0 Å². The fraction of sp³-hybridized carbons (Fsp3) is 0.643. The maximum atomic E-state index is 10.5. The first kappa shape index (κ1) is 12.4. The third-order valence-corrected chi connectivity index (χ3v) is 3.63. The van der Waals surface area contributed by atoms with E-state index in [2.05, 4.69) is 10.3 Å². The van der Waals surface area contributed by atoms with Crippen LogP contribution in [-0.2, 0) is 0 Å². The molecule has 3 heteroatoms. The van der Waals surface area contributed by atoms with E-state index in [0.717, 1.165) is 37.1 Å². The Balaban J connectivity index is 1.94. The highest BCUT2D eigenvalue weighted by Crippen LogP contribution is 2.27. The molecule has 3 nitrogen and oxygen atoms in total. The van der Waals surface area contributed by atoms with E-state index < -0.39 is 5.60 Å². The number of aryl methyl sites for hydroxylation is 1. The molecule has 1 aromatic rings. The van der Waals surface area contributed by atoms with Crippen LogP contribution in [0.1, 0.15) is 44.1 Å². The minimum absolute atomic E-state index is 0.541. The van der Waals surface area contributed by atoms with Crippen molar-refractivity contribution in [2.75, 3.05) is 11.9 Å². The highest BCUT2D eigenvalue weighted by molar-refractivity contribution is 5.42. The van der Waals surface area contributed by atoms with E-state index in [4.69, 9.17) is 0 Å². The van der Waals surface area contributed by atoms with Crippen molar-refractivity contribution in [2.45, 2.75) is 51.0 Å². The number of aromatic nitrogens is 1. The molecule has 0 atom stereocenters. The second-order valence-electron chi connectivity index (χ2n) is 5.16. The lowest BCUT2D eigenvalue weighted by Gasteiger charge is -2.27. The lowest BCUT2D eigenvalue weighted by atomic mass is 9.94. The second kappa shape index (κ2) is 5.50. The summed E-state index contributed by atoms with van der Waals surface area (Å²) in [5.74, 6) is 0.894. The van der Waals surface area contributed by atoms with Gasteiger partial charge in [0.15, 0.2) is 0 Å². The summed E-state index contributed by atoms with van der Waals surface area (Å²) in [5, 5.41) is 13.8. The van der Waals surface area contributed by atoms with Crippen LogP contribution in [-0.4, -0.2) is 22.2 Å². The van der Waals surface area contributed by atoms with Crippen molar-refractivity contribution in [1.29, 1.82) is 0 Å². The summed E-state index contributed by atoms with van der Waals surface area (Å²) in [6.07, 6.45) is 8.39. The Morgan fingerprint density at radius 1 is 1.29 bits per heavy atom. The van der Waals surface area contributed by atoms with E-state index in [-0.39, 0.29) is 0 Å². The summed E-state index contributed by atoms with van der Waals surface area (Å²) < 4.78 is 0. The van der Waals surface area contributed by atoms with Crippen LogP contribution < -0.4 is 5.32 Å². The molecule has 0 amide bonds. The molecule has 0 unspecified atom stereocenters. The molecular formula is C14H22N2O. The molecule has 17 heavy (non-hydrogen) atoms. The standard InChI is InChI=1S/C14H22N2O/c1-12-7-6-10-15-13(12)16-11-14(17)8-4-2-3-5-9-14/h6-7,10,17H,2-5,8-9,11H2,1H3,(H,15,16). The van der Waals surface area contributed by atoms with Crippen molar-refractivity contribution in [3.8, 4) is 0 Å². The molecule has 1 saturated carbocycles. The summed E-state index contributed by atoms with van der Waals surface area (Å²) in [7, 11) is 0. The third kappa shape index (κ3) is 3.43. The summed E-state index contributed by atoms with van der Waals surface area (Å²) in [4.78, 5) is 4.29. The molecule has 0 aliphatic heterocycles. The number of aliphatic hydroxyl groups is 1. The number of hydrogen-bond acceptors (Lipinski definition) is 3. The van der Waals surface area contributed by atoms with Gasteiger partial charge in [-0.15, -0.1) is 0 Å². The Morgan fingerprint density at radius 3 is 2.65 bits per heavy atom. The second-order valence-corrected chi connectivity index (χ2v) is 5.16. The predicted molar refractivity (Wildman–Crippen MR) is 70.1 cm³/mol. The lowest BCUT2D eigenvalue weighted by Crippen LogP contribution is -2.36. The van der Waals surface area contributed by atoms with Gasteiger partial charge < -0.3 is 10.4 Å². The molecule has 1 aliphatic carbocycles. The largest absolute Gasteiger partial charge is 0.388 e. The third-order valence-electron chi connectivity index (χ3n) is 3.63. The molecule has 1 aliphatic rings. The van der Waals surface area contributed by atoms with Crippen LogP contribution in [0.5, 0.6) is 0 Å². The van der Waals surface area contributed by atoms with Crippen LogP contribution in [0.4, 0.5) is 5.82 Å². The Morgan fingerprint density at radius 2 is 2.00 bits per heavy atom. The van der Waals surface area contributed by atoms with E-state index in [0.29, 0.717) is 6.54 Å². The van der Waals surface area contributed by atoms with Gasteiger partial charge in [-0.1, -0.05) is 31.7 Å². The first-order valence-electron chi connectivity index (χ1n) is 6.57. The van der Waals surface area contributed by atoms with Crippen molar-refractivity contribution in [3.63, 3.8) is 0 Å². The molecular weight excluding hydrogens is 212 g/mol. The first-order valence-corrected chi connectivity index (χ1v) is 6.57. The topological polar surface area (TPSA) is 45.2 Å². The highest BCUT2D eigenvalue weighted by Gasteiger charge is 2.27. The molecule has 2 rings (SSSR count). The summed E-state index contributed by atoms with van der Waals surface area (Å²) in [6.45, 7) is 2.65. The molecule has 0 spiro atoms. The minimum atomic E-state index is -0.541. The smallest absolute Gasteiger partial charge is 0.128 e. The minimum Gasteiger partial charge on any atom is -0.388 e. The van der Waals surface area contributed by atoms with Crippen LogP contribution in [0.3, 0.4) is 0 Å². The SMILES string of the molecule is Cc1cccnc1NCC1(O)CCCCCC1. The maximum Gasteiger partial charge on any atom is 0.128 e. The molecule has 94 valence electrons. The van der Waals surface area contributed by atoms with Gasteiger partial charge in [0.05, 0.1) is 5.60 Å². The van der Waals surface area contributed by atoms with E-state index in [9.17, 15) is 5.11 Å². The Labute approximate surface area is 103 Å². The fourth-order valence-electron chi connectivity index (χ4n) is 2.48. The molecule has 0 aromatic carbocycles. The summed E-state index contributed by atoms with van der Waals surface area (Å²) >= 11 is 0. The molecule has 2 N–H and O–H groups in total. The van der Waals surface area contributed by atoms with Crippen LogP contribution in [0.2, 0.25) is 0 Å². The van der Waals surface area contributed by atoms with Gasteiger partial charge in [-0.05, 0) is 31.4 Å². The predicted octanol–water partition coefficient (Wildman–Crippen LogP) is 2.89. The molecule has 0 bridgehead atoms. The van der Waals surface area contributed by atoms with Gasteiger partial charge in [0.2, 0.25) is 0 Å². The van der Waals surface area contributed by atoms with Crippen LogP contribution in [0, 0.1) is 6.92 Å². The van der Waals surface area contributed by atoms with Gasteiger partial charge >= 0.3 is 0 Å². The number of hydrogen-bond donors (Lipinski definition) is 2. The fourth-order valence-corrected chi connectivity index (χ4v) is 2.48. The quantitative estimate of drug-likeness (QED) is 0.790. The van der Waals surface area contributed by atoms with Gasteiger partial charge in [0, 0.05) is 12.7 Å². The zero-order valence-corrected chi connectivity index (χ0v) is 10.6. The Hall–Kier alpha value is -1.09. The van der Waals surface area contributed by atoms with Crippen molar-refractivity contribution in [2.24, 2.45) is 0 Å². The average Bonchev–Trinajstić information content (AvgIpc) is 2.54. The molecule has 1 heterocycles. The van der Waals surface area contributed by atoms with Gasteiger partial charge in [-0.2, -0.15) is 0 Å². The maximum absolute atomic E-state index is 10.5. The van der Waals surface area contributed by atoms with E-state index >= 15 is 0 Å². The lowest BCUT2D eigenvalue weighted by molar-refractivity contribution is 0.0380. The summed E-state index contributed by atoms with van der Waals surface area (Å²) in [6, 6.07) is 3.97. The van der Waals surface area contributed by atoms with Gasteiger partial charge in [0.1, 0.15) is 5.82 Å². The van der Waals surface area contributed by atoms with Crippen molar-refractivity contribution in [3.05, 3.63) is 23.9 Å². The monoisotopic (exact) mass is 234 g/mol. The van der Waals surface area contributed by atoms with Crippen molar-refractivity contribution in [1.82, 2.24) is 4.98 Å². The normalized spacial score (nSPS) is 19.6. The number of pyridine rings is 1. The molecule has 1 aromatic heterocycles. The Bertz CT molecular complexity index is 357. The first-order chi connectivity index (χ1) is 8.20. The van der Waals surface area contributed by atoms with Crippen LogP contribution in [0.25, 0.3) is 0 Å². The van der Waals surface area contributed by atoms with Crippen LogP contribution in [0.15, 0.2) is 18.3 Å². The van der Waals surface area contributed by atoms with Gasteiger partial charge in [0.25, 0.3) is 0 Å². The Kier molecular flexibility index (Phi) is 4.00. The molecule has 0 radical (unpaired) electrons. The highest BCUT2D eigenvalue weighted by atomic mass is 16.3. The van der Waals surface area contributed by atoms with Gasteiger partial charge in [-0.25, -0.2) is 4.98 Å². The van der Waals surface area contributed by atoms with Crippen molar-refractivity contribution < 1.29 is 5.11 Å². The number of nitrogens with zero attached hydrogens (tertiary/aromatic N) is 1. The van der Waals surface area contributed by atoms with E-state index in [1.807, 2.05) is 19.1 Å². The number of rotatable bonds is 3. The number of anilines is 1. The van der Waals surface area contributed by atoms with Crippen molar-refractivity contribution >= 4 is 5.82 Å². The zero-order valence-electron chi connectivity index (χ0n) is 10.6. The molecule has 1 fully saturated rings. The van der Waals surface area contributed by atoms with E-state index in [1.165, 1.54) is 12.8 Å². The molecule has 0 saturated heterocycles. The summed E-state index contributed by atoms with van der Waals surface area (Å²) in [5.41, 5.74) is 0.588. The van der Waals surface area contributed by atoms with E-state index in [1.54, 1.807) is 6.20 Å². The zero-order chi connectivity index (χ0) is 12.1. The average molecular weight is 234 g/mol. The van der Waals surface area contributed by atoms with Gasteiger partial charge in [-0.3, -0.25) is 0 Å².